The standard InChI is InChI=1S/C18H18Cl2N4O3/c1-26-14-5-4-10-9-24(18-22-16(19)21-17(20)23-18)6-2-3-11(25)7-12-8-13(10)15(14)27-12/h2-5,11-12,25H,6-9H2,1H3/b3-2+/t11-,12?/m0/s1. The summed E-state index contributed by atoms with van der Waals surface area (Å²) in [5, 5.41) is 10.4. The average molecular weight is 409 g/mol. The molecule has 0 radical (unpaired) electrons. The van der Waals surface area contributed by atoms with Gasteiger partial charge in [-0.3, -0.25) is 0 Å². The molecular formula is C18H18Cl2N4O3. The van der Waals surface area contributed by atoms with Crippen LogP contribution in [0.1, 0.15) is 17.5 Å². The quantitative estimate of drug-likeness (QED) is 0.764. The Morgan fingerprint density at radius 3 is 2.74 bits per heavy atom. The van der Waals surface area contributed by atoms with Crippen LogP contribution in [0.15, 0.2) is 24.3 Å². The lowest BCUT2D eigenvalue weighted by Gasteiger charge is -2.23. The van der Waals surface area contributed by atoms with Gasteiger partial charge in [0.15, 0.2) is 11.5 Å². The van der Waals surface area contributed by atoms with Crippen LogP contribution < -0.4 is 14.4 Å². The molecule has 1 N–H and O–H groups in total. The van der Waals surface area contributed by atoms with Gasteiger partial charge in [-0.25, -0.2) is 0 Å². The zero-order valence-electron chi connectivity index (χ0n) is 14.6. The van der Waals surface area contributed by atoms with Crippen molar-refractivity contribution in [1.82, 2.24) is 15.0 Å². The number of anilines is 1. The normalized spacial score (nSPS) is 22.7. The van der Waals surface area contributed by atoms with Gasteiger partial charge < -0.3 is 19.5 Å². The summed E-state index contributed by atoms with van der Waals surface area (Å²) in [6.45, 7) is 1.01. The first-order valence-corrected chi connectivity index (χ1v) is 9.31. The van der Waals surface area contributed by atoms with E-state index in [1.807, 2.05) is 23.1 Å². The predicted molar refractivity (Wildman–Crippen MR) is 102 cm³/mol. The van der Waals surface area contributed by atoms with E-state index in [0.717, 1.165) is 16.9 Å². The number of benzene rings is 1. The van der Waals surface area contributed by atoms with Crippen molar-refractivity contribution in [2.24, 2.45) is 0 Å². The Bertz CT molecular complexity index is 873. The highest BCUT2D eigenvalue weighted by Gasteiger charge is 2.31. The van der Waals surface area contributed by atoms with Crippen LogP contribution in [0.5, 0.6) is 11.5 Å². The van der Waals surface area contributed by atoms with Gasteiger partial charge in [0, 0.05) is 31.5 Å². The van der Waals surface area contributed by atoms with Crippen molar-refractivity contribution >= 4 is 29.2 Å². The molecule has 1 aromatic carbocycles. The zero-order chi connectivity index (χ0) is 19.0. The van der Waals surface area contributed by atoms with Crippen LogP contribution in [-0.2, 0) is 13.0 Å². The molecule has 0 spiro atoms. The fourth-order valence-electron chi connectivity index (χ4n) is 3.45. The Labute approximate surface area is 166 Å². The fraction of sp³-hybridized carbons (Fsp3) is 0.389. The molecule has 9 heteroatoms. The van der Waals surface area contributed by atoms with Crippen molar-refractivity contribution in [2.45, 2.75) is 31.6 Å². The third-order valence-corrected chi connectivity index (χ3v) is 5.00. The molecule has 2 bridgehead atoms. The first kappa shape index (κ1) is 18.3. The first-order chi connectivity index (χ1) is 13.0. The van der Waals surface area contributed by atoms with Gasteiger partial charge in [0.1, 0.15) is 6.10 Å². The number of aromatic nitrogens is 3. The lowest BCUT2D eigenvalue weighted by atomic mass is 10.00. The number of nitrogens with zero attached hydrogens (tertiary/aromatic N) is 4. The summed E-state index contributed by atoms with van der Waals surface area (Å²) in [7, 11) is 1.62. The van der Waals surface area contributed by atoms with Gasteiger partial charge in [0.05, 0.1) is 13.2 Å². The van der Waals surface area contributed by atoms with Crippen molar-refractivity contribution < 1.29 is 14.6 Å². The summed E-state index contributed by atoms with van der Waals surface area (Å²) >= 11 is 11.9. The van der Waals surface area contributed by atoms with E-state index in [9.17, 15) is 5.11 Å². The Morgan fingerprint density at radius 1 is 1.22 bits per heavy atom. The lowest BCUT2D eigenvalue weighted by molar-refractivity contribution is 0.133. The molecule has 1 aromatic heterocycles. The summed E-state index contributed by atoms with van der Waals surface area (Å²) in [4.78, 5) is 14.1. The van der Waals surface area contributed by atoms with Crippen LogP contribution in [0.25, 0.3) is 0 Å². The number of methoxy groups -OCH3 is 1. The SMILES string of the molecule is COc1ccc2c3c1OC(C3)C[C@@H](O)/C=C/CN(c1nc(Cl)nc(Cl)n1)C2. The maximum atomic E-state index is 10.3. The molecule has 2 atom stereocenters. The Hall–Kier alpha value is -2.09. The summed E-state index contributed by atoms with van der Waals surface area (Å²) in [6, 6.07) is 3.90. The molecule has 0 amide bonds. The molecule has 7 nitrogen and oxygen atoms in total. The summed E-state index contributed by atoms with van der Waals surface area (Å²) in [5.74, 6) is 1.80. The second kappa shape index (κ2) is 7.50. The Balaban J connectivity index is 1.77. The minimum absolute atomic E-state index is 0.0340. The van der Waals surface area contributed by atoms with Crippen molar-refractivity contribution in [1.29, 1.82) is 0 Å². The van der Waals surface area contributed by atoms with Gasteiger partial charge in [-0.05, 0) is 34.8 Å². The molecule has 2 aromatic rings. The molecule has 4 rings (SSSR count). The van der Waals surface area contributed by atoms with E-state index in [-0.39, 0.29) is 16.7 Å². The zero-order valence-corrected chi connectivity index (χ0v) is 16.1. The number of aliphatic hydroxyl groups is 1. The highest BCUT2D eigenvalue weighted by atomic mass is 35.5. The number of aliphatic hydroxyl groups excluding tert-OH is 1. The molecule has 3 heterocycles. The third-order valence-electron chi connectivity index (χ3n) is 4.66. The number of ether oxygens (including phenoxy) is 2. The molecule has 1 unspecified atom stereocenters. The Kier molecular flexibility index (Phi) is 5.08. The maximum absolute atomic E-state index is 10.3. The topological polar surface area (TPSA) is 80.6 Å². The van der Waals surface area contributed by atoms with E-state index < -0.39 is 6.10 Å². The second-order valence-electron chi connectivity index (χ2n) is 6.46. The Morgan fingerprint density at radius 2 is 2.00 bits per heavy atom. The van der Waals surface area contributed by atoms with E-state index in [4.69, 9.17) is 32.7 Å². The largest absolute Gasteiger partial charge is 0.493 e. The predicted octanol–water partition coefficient (Wildman–Crippen LogP) is 2.82. The summed E-state index contributed by atoms with van der Waals surface area (Å²) in [5.41, 5.74) is 2.15. The van der Waals surface area contributed by atoms with E-state index in [1.165, 1.54) is 0 Å². The third kappa shape index (κ3) is 3.81. The highest BCUT2D eigenvalue weighted by Crippen LogP contribution is 2.41. The fourth-order valence-corrected chi connectivity index (χ4v) is 3.80. The van der Waals surface area contributed by atoms with Gasteiger partial charge in [0.2, 0.25) is 16.5 Å². The molecule has 2 aliphatic rings. The van der Waals surface area contributed by atoms with Crippen LogP contribution >= 0.6 is 23.2 Å². The van der Waals surface area contributed by atoms with Crippen molar-refractivity contribution in [3.05, 3.63) is 46.0 Å². The number of hydrogen-bond donors (Lipinski definition) is 1. The first-order valence-electron chi connectivity index (χ1n) is 8.55. The summed E-state index contributed by atoms with van der Waals surface area (Å²) in [6.07, 6.45) is 4.15. The second-order valence-corrected chi connectivity index (χ2v) is 7.14. The van der Waals surface area contributed by atoms with Crippen LogP contribution in [0, 0.1) is 0 Å². The molecule has 27 heavy (non-hydrogen) atoms. The van der Waals surface area contributed by atoms with Gasteiger partial charge in [0.25, 0.3) is 0 Å². The summed E-state index contributed by atoms with van der Waals surface area (Å²) < 4.78 is 11.5. The molecule has 0 aliphatic carbocycles. The lowest BCUT2D eigenvalue weighted by Crippen LogP contribution is -2.26. The van der Waals surface area contributed by atoms with Crippen molar-refractivity contribution in [2.75, 3.05) is 18.6 Å². The van der Waals surface area contributed by atoms with Gasteiger partial charge in [-0.15, -0.1) is 0 Å². The van der Waals surface area contributed by atoms with Crippen LogP contribution in [0.3, 0.4) is 0 Å². The van der Waals surface area contributed by atoms with Crippen LogP contribution in [0.4, 0.5) is 5.95 Å². The van der Waals surface area contributed by atoms with E-state index in [0.29, 0.717) is 37.6 Å². The smallest absolute Gasteiger partial charge is 0.231 e. The minimum atomic E-state index is -0.607. The molecule has 0 fully saturated rings. The van der Waals surface area contributed by atoms with Gasteiger partial charge >= 0.3 is 0 Å². The van der Waals surface area contributed by atoms with Gasteiger partial charge in [-0.2, -0.15) is 15.0 Å². The molecule has 2 aliphatic heterocycles. The van der Waals surface area contributed by atoms with Gasteiger partial charge in [-0.1, -0.05) is 18.2 Å². The molecule has 0 saturated carbocycles. The van der Waals surface area contributed by atoms with Crippen molar-refractivity contribution in [3.8, 4) is 11.5 Å². The number of fused-ring (bicyclic) bond motifs is 1. The maximum Gasteiger partial charge on any atom is 0.231 e. The van der Waals surface area contributed by atoms with E-state index >= 15 is 0 Å². The molecule has 142 valence electrons. The molecular weight excluding hydrogens is 391 g/mol. The number of hydrogen-bond acceptors (Lipinski definition) is 7. The van der Waals surface area contributed by atoms with Crippen LogP contribution in [0.2, 0.25) is 10.6 Å². The monoisotopic (exact) mass is 408 g/mol. The average Bonchev–Trinajstić information content (AvgIpc) is 3.02. The van der Waals surface area contributed by atoms with Crippen LogP contribution in [-0.4, -0.2) is 45.9 Å². The van der Waals surface area contributed by atoms with E-state index in [2.05, 4.69) is 15.0 Å². The number of halogens is 2. The van der Waals surface area contributed by atoms with Crippen molar-refractivity contribution in [3.63, 3.8) is 0 Å². The number of rotatable bonds is 2. The van der Waals surface area contributed by atoms with E-state index in [1.54, 1.807) is 13.2 Å². The minimum Gasteiger partial charge on any atom is -0.493 e. The highest BCUT2D eigenvalue weighted by molar-refractivity contribution is 6.31. The molecule has 0 saturated heterocycles.